The molecule has 0 saturated heterocycles. The molecular weight excluding hydrogens is 327 g/mol. The van der Waals surface area contributed by atoms with E-state index in [0.29, 0.717) is 22.3 Å². The molecule has 1 heterocycles. The van der Waals surface area contributed by atoms with Crippen LogP contribution in [0, 0.1) is 0 Å². The maximum atomic E-state index is 12.8. The Bertz CT molecular complexity index is 844. The number of fused-ring (bicyclic) bond motifs is 1. The average molecular weight is 338 g/mol. The smallest absolute Gasteiger partial charge is 0.379 e. The Balaban J connectivity index is 1.88. The van der Waals surface area contributed by atoms with E-state index in [1.54, 1.807) is 24.5 Å². The van der Waals surface area contributed by atoms with Crippen LogP contribution in [0.2, 0.25) is 5.02 Å². The minimum Gasteiger partial charge on any atom is -0.379 e. The van der Waals surface area contributed by atoms with Crippen LogP contribution in [-0.2, 0) is 12.7 Å². The minimum atomic E-state index is -4.40. The van der Waals surface area contributed by atoms with Crippen molar-refractivity contribution in [2.45, 2.75) is 12.7 Å². The van der Waals surface area contributed by atoms with Crippen molar-refractivity contribution in [1.29, 1.82) is 0 Å². The molecule has 2 aromatic carbocycles. The highest BCUT2D eigenvalue weighted by Gasteiger charge is 2.30. The first-order valence-electron chi connectivity index (χ1n) is 6.74. The highest BCUT2D eigenvalue weighted by atomic mass is 35.5. The topological polar surface area (TPSA) is 37.8 Å². The van der Waals surface area contributed by atoms with Crippen LogP contribution in [0.25, 0.3) is 11.0 Å². The van der Waals surface area contributed by atoms with Crippen molar-refractivity contribution in [3.63, 3.8) is 0 Å². The van der Waals surface area contributed by atoms with E-state index in [1.807, 2.05) is 6.07 Å². The molecule has 0 aliphatic heterocycles. The molecule has 0 bridgehead atoms. The fraction of sp³-hybridized carbons (Fsp3) is 0.125. The van der Waals surface area contributed by atoms with Gasteiger partial charge in [-0.2, -0.15) is 13.2 Å². The lowest BCUT2D eigenvalue weighted by atomic mass is 10.1. The summed E-state index contributed by atoms with van der Waals surface area (Å²) in [6, 6.07) is 8.67. The minimum absolute atomic E-state index is 0.151. The molecule has 3 nitrogen and oxygen atoms in total. The zero-order valence-corrected chi connectivity index (χ0v) is 12.5. The van der Waals surface area contributed by atoms with Gasteiger partial charge in [-0.1, -0.05) is 17.7 Å². The highest BCUT2D eigenvalue weighted by molar-refractivity contribution is 6.31. The lowest BCUT2D eigenvalue weighted by molar-refractivity contribution is -0.137. The zero-order valence-electron chi connectivity index (χ0n) is 11.7. The number of para-hydroxylation sites is 1. The molecular formula is C16H11ClF3N3. The number of benzene rings is 2. The Morgan fingerprint density at radius 3 is 2.61 bits per heavy atom. The van der Waals surface area contributed by atoms with Crippen molar-refractivity contribution in [3.05, 3.63) is 64.9 Å². The molecule has 0 radical (unpaired) electrons. The fourth-order valence-corrected chi connectivity index (χ4v) is 2.40. The van der Waals surface area contributed by atoms with Crippen LogP contribution in [0.5, 0.6) is 0 Å². The number of hydrogen-bond acceptors (Lipinski definition) is 3. The second-order valence-electron chi connectivity index (χ2n) is 4.89. The van der Waals surface area contributed by atoms with Crippen LogP contribution < -0.4 is 5.32 Å². The summed E-state index contributed by atoms with van der Waals surface area (Å²) in [5, 5.41) is 3.34. The van der Waals surface area contributed by atoms with Gasteiger partial charge in [-0.05, 0) is 35.9 Å². The number of aromatic nitrogens is 2. The van der Waals surface area contributed by atoms with Crippen molar-refractivity contribution < 1.29 is 13.2 Å². The first-order valence-corrected chi connectivity index (χ1v) is 7.12. The van der Waals surface area contributed by atoms with Gasteiger partial charge in [-0.25, -0.2) is 0 Å². The average Bonchev–Trinajstić information content (AvgIpc) is 2.53. The van der Waals surface area contributed by atoms with Crippen LogP contribution in [0.4, 0.5) is 18.9 Å². The molecule has 0 spiro atoms. The predicted octanol–water partition coefficient (Wildman–Crippen LogP) is 4.91. The number of anilines is 1. The second-order valence-corrected chi connectivity index (χ2v) is 5.29. The number of hydrogen-bond donors (Lipinski definition) is 1. The summed E-state index contributed by atoms with van der Waals surface area (Å²) >= 11 is 6.00. The summed E-state index contributed by atoms with van der Waals surface area (Å²) in [6.45, 7) is 0.151. The van der Waals surface area contributed by atoms with Crippen molar-refractivity contribution in [3.8, 4) is 0 Å². The van der Waals surface area contributed by atoms with Gasteiger partial charge in [0.05, 0.1) is 16.8 Å². The number of nitrogens with one attached hydrogen (secondary N) is 1. The van der Waals surface area contributed by atoms with Gasteiger partial charge in [-0.15, -0.1) is 0 Å². The quantitative estimate of drug-likeness (QED) is 0.737. The molecule has 0 aliphatic carbocycles. The van der Waals surface area contributed by atoms with Gasteiger partial charge in [0.1, 0.15) is 5.52 Å². The third-order valence-electron chi connectivity index (χ3n) is 3.34. The molecule has 0 unspecified atom stereocenters. The summed E-state index contributed by atoms with van der Waals surface area (Å²) in [4.78, 5) is 8.42. The summed E-state index contributed by atoms with van der Waals surface area (Å²) in [5.74, 6) is 0. The van der Waals surface area contributed by atoms with E-state index in [9.17, 15) is 13.2 Å². The Hall–Kier alpha value is -2.34. The third kappa shape index (κ3) is 3.37. The molecule has 3 aromatic rings. The first kappa shape index (κ1) is 15.6. The van der Waals surface area contributed by atoms with Gasteiger partial charge >= 0.3 is 6.18 Å². The monoisotopic (exact) mass is 337 g/mol. The van der Waals surface area contributed by atoms with Gasteiger partial charge in [0, 0.05) is 24.0 Å². The molecule has 3 rings (SSSR count). The molecule has 1 N–H and O–H groups in total. The fourth-order valence-electron chi connectivity index (χ4n) is 2.21. The molecule has 23 heavy (non-hydrogen) atoms. The number of alkyl halides is 3. The third-order valence-corrected chi connectivity index (χ3v) is 3.71. The van der Waals surface area contributed by atoms with Crippen LogP contribution in [-0.4, -0.2) is 9.97 Å². The molecule has 0 saturated carbocycles. The van der Waals surface area contributed by atoms with E-state index in [-0.39, 0.29) is 11.6 Å². The summed E-state index contributed by atoms with van der Waals surface area (Å²) in [5.41, 5.74) is 1.67. The first-order chi connectivity index (χ1) is 10.9. The summed E-state index contributed by atoms with van der Waals surface area (Å²) in [7, 11) is 0. The molecule has 7 heteroatoms. The summed E-state index contributed by atoms with van der Waals surface area (Å²) in [6.07, 6.45) is -1.26. The van der Waals surface area contributed by atoms with Gasteiger partial charge in [0.25, 0.3) is 0 Å². The Labute approximate surface area is 135 Å². The van der Waals surface area contributed by atoms with Crippen LogP contribution in [0.1, 0.15) is 11.1 Å². The molecule has 0 atom stereocenters. The second kappa shape index (κ2) is 6.04. The molecule has 118 valence electrons. The SMILES string of the molecule is FC(F)(F)c1ccc(Cl)c(CNc2cccc3nccnc23)c1. The standard InChI is InChI=1S/C16H11ClF3N3/c17-12-5-4-11(16(18,19)20)8-10(12)9-23-14-3-1-2-13-15(14)22-7-6-21-13/h1-8,23H,9H2. The lowest BCUT2D eigenvalue weighted by Gasteiger charge is -2.12. The van der Waals surface area contributed by atoms with E-state index in [0.717, 1.165) is 12.1 Å². The number of nitrogens with zero attached hydrogens (tertiary/aromatic N) is 2. The maximum Gasteiger partial charge on any atom is 0.416 e. The van der Waals surface area contributed by atoms with Crippen LogP contribution >= 0.6 is 11.6 Å². The maximum absolute atomic E-state index is 12.8. The van der Waals surface area contributed by atoms with Crippen LogP contribution in [0.15, 0.2) is 48.8 Å². The van der Waals surface area contributed by atoms with E-state index >= 15 is 0 Å². The Morgan fingerprint density at radius 2 is 1.83 bits per heavy atom. The van der Waals surface area contributed by atoms with Gasteiger partial charge in [0.15, 0.2) is 0 Å². The van der Waals surface area contributed by atoms with E-state index in [4.69, 9.17) is 11.6 Å². The highest BCUT2D eigenvalue weighted by Crippen LogP contribution is 2.32. The van der Waals surface area contributed by atoms with Crippen molar-refractivity contribution in [2.75, 3.05) is 5.32 Å². The Morgan fingerprint density at radius 1 is 1.04 bits per heavy atom. The van der Waals surface area contributed by atoms with Crippen molar-refractivity contribution >= 4 is 28.3 Å². The molecule has 0 amide bonds. The van der Waals surface area contributed by atoms with E-state index in [2.05, 4.69) is 15.3 Å². The van der Waals surface area contributed by atoms with Crippen molar-refractivity contribution in [2.24, 2.45) is 0 Å². The summed E-state index contributed by atoms with van der Waals surface area (Å²) < 4.78 is 38.4. The van der Waals surface area contributed by atoms with Crippen molar-refractivity contribution in [1.82, 2.24) is 9.97 Å². The van der Waals surface area contributed by atoms with Gasteiger partial charge in [0.2, 0.25) is 0 Å². The number of rotatable bonds is 3. The van der Waals surface area contributed by atoms with E-state index < -0.39 is 11.7 Å². The van der Waals surface area contributed by atoms with E-state index in [1.165, 1.54) is 6.07 Å². The molecule has 0 fully saturated rings. The molecule has 1 aromatic heterocycles. The predicted molar refractivity (Wildman–Crippen MR) is 83.3 cm³/mol. The van der Waals surface area contributed by atoms with Gasteiger partial charge < -0.3 is 5.32 Å². The largest absolute Gasteiger partial charge is 0.416 e. The van der Waals surface area contributed by atoms with Crippen LogP contribution in [0.3, 0.4) is 0 Å². The lowest BCUT2D eigenvalue weighted by Crippen LogP contribution is -2.07. The number of halogens is 4. The Kier molecular flexibility index (Phi) is 4.09. The zero-order chi connectivity index (χ0) is 16.4. The molecule has 0 aliphatic rings. The van der Waals surface area contributed by atoms with Gasteiger partial charge in [-0.3, -0.25) is 9.97 Å². The normalized spacial score (nSPS) is 11.7.